The average molecular weight is 297 g/mol. The van der Waals surface area contributed by atoms with Gasteiger partial charge in [0.05, 0.1) is 19.6 Å². The molecule has 2 saturated heterocycles. The van der Waals surface area contributed by atoms with Crippen LogP contribution in [0.1, 0.15) is 19.3 Å². The summed E-state index contributed by atoms with van der Waals surface area (Å²) in [5.74, 6) is 0.399. The summed E-state index contributed by atoms with van der Waals surface area (Å²) in [6, 6.07) is 0. The lowest BCUT2D eigenvalue weighted by molar-refractivity contribution is -0.151. The molecule has 0 aliphatic carbocycles. The lowest BCUT2D eigenvalue weighted by Gasteiger charge is -2.54. The summed E-state index contributed by atoms with van der Waals surface area (Å²) < 4.78 is 4.94. The van der Waals surface area contributed by atoms with Crippen molar-refractivity contribution in [1.82, 2.24) is 14.7 Å². The highest BCUT2D eigenvalue weighted by molar-refractivity contribution is 5.78. The van der Waals surface area contributed by atoms with Gasteiger partial charge in [-0.25, -0.2) is 0 Å². The Kier molecular flexibility index (Phi) is 5.22. The van der Waals surface area contributed by atoms with Gasteiger partial charge in [-0.2, -0.15) is 0 Å². The van der Waals surface area contributed by atoms with E-state index in [0.717, 1.165) is 39.0 Å². The van der Waals surface area contributed by atoms with Crippen LogP contribution in [0.3, 0.4) is 0 Å². The standard InChI is InChI=1S/C15H27N3O3/c1-16(2)10-14(20)17-7-5-15(6-8-17)11-18(12-15)13(19)4-9-21-3/h4-12H2,1-3H3. The fraction of sp³-hybridized carbons (Fsp3) is 0.867. The fourth-order valence-electron chi connectivity index (χ4n) is 3.20. The number of rotatable bonds is 5. The summed E-state index contributed by atoms with van der Waals surface area (Å²) >= 11 is 0. The summed E-state index contributed by atoms with van der Waals surface area (Å²) in [7, 11) is 5.45. The van der Waals surface area contributed by atoms with E-state index in [1.54, 1.807) is 7.11 Å². The minimum absolute atomic E-state index is 0.189. The molecular formula is C15H27N3O3. The van der Waals surface area contributed by atoms with E-state index in [9.17, 15) is 9.59 Å². The molecule has 0 unspecified atom stereocenters. The topological polar surface area (TPSA) is 53.1 Å². The van der Waals surface area contributed by atoms with Gasteiger partial charge < -0.3 is 19.4 Å². The number of likely N-dealkylation sites (tertiary alicyclic amines) is 2. The maximum absolute atomic E-state index is 12.0. The number of carbonyl (C=O) groups is 2. The first-order valence-electron chi connectivity index (χ1n) is 7.65. The molecule has 2 amide bonds. The number of likely N-dealkylation sites (N-methyl/N-ethyl adjacent to an activating group) is 1. The fourth-order valence-corrected chi connectivity index (χ4v) is 3.20. The molecule has 0 aromatic carbocycles. The monoisotopic (exact) mass is 297 g/mol. The Morgan fingerprint density at radius 1 is 1.10 bits per heavy atom. The van der Waals surface area contributed by atoms with Gasteiger partial charge in [0.2, 0.25) is 11.8 Å². The maximum Gasteiger partial charge on any atom is 0.236 e. The Bertz CT molecular complexity index is 382. The van der Waals surface area contributed by atoms with E-state index in [0.29, 0.717) is 19.6 Å². The minimum atomic E-state index is 0.189. The van der Waals surface area contributed by atoms with Gasteiger partial charge in [-0.15, -0.1) is 0 Å². The van der Waals surface area contributed by atoms with Crippen molar-refractivity contribution in [3.63, 3.8) is 0 Å². The number of hydrogen-bond donors (Lipinski definition) is 0. The van der Waals surface area contributed by atoms with Crippen LogP contribution in [-0.4, -0.2) is 87.0 Å². The Balaban J connectivity index is 1.73. The number of carbonyl (C=O) groups excluding carboxylic acids is 2. The second-order valence-corrected chi connectivity index (χ2v) is 6.61. The zero-order valence-electron chi connectivity index (χ0n) is 13.4. The van der Waals surface area contributed by atoms with Crippen LogP contribution in [0.5, 0.6) is 0 Å². The van der Waals surface area contributed by atoms with E-state index in [1.165, 1.54) is 0 Å². The number of amides is 2. The molecule has 2 heterocycles. The third-order valence-electron chi connectivity index (χ3n) is 4.55. The van der Waals surface area contributed by atoms with Crippen LogP contribution in [0.4, 0.5) is 0 Å². The first-order valence-corrected chi connectivity index (χ1v) is 7.65. The smallest absolute Gasteiger partial charge is 0.236 e. The van der Waals surface area contributed by atoms with Crippen molar-refractivity contribution in [2.24, 2.45) is 5.41 Å². The summed E-state index contributed by atoms with van der Waals surface area (Å²) in [5, 5.41) is 0. The lowest BCUT2D eigenvalue weighted by atomic mass is 9.72. The first-order chi connectivity index (χ1) is 9.96. The molecule has 0 radical (unpaired) electrons. The maximum atomic E-state index is 12.0. The SMILES string of the molecule is COCCC(=O)N1CC2(CCN(C(=O)CN(C)C)CC2)C1. The highest BCUT2D eigenvalue weighted by atomic mass is 16.5. The number of ether oxygens (including phenoxy) is 1. The molecule has 0 atom stereocenters. The number of nitrogens with zero attached hydrogens (tertiary/aromatic N) is 3. The Labute approximate surface area is 127 Å². The molecule has 0 bridgehead atoms. The van der Waals surface area contributed by atoms with E-state index < -0.39 is 0 Å². The third kappa shape index (κ3) is 3.95. The van der Waals surface area contributed by atoms with Gasteiger partial charge in [0.15, 0.2) is 0 Å². The van der Waals surface area contributed by atoms with E-state index in [-0.39, 0.29) is 17.2 Å². The van der Waals surface area contributed by atoms with Crippen LogP contribution in [0.25, 0.3) is 0 Å². The van der Waals surface area contributed by atoms with Crippen molar-refractivity contribution >= 4 is 11.8 Å². The summed E-state index contributed by atoms with van der Waals surface area (Å²) in [5.41, 5.74) is 0.262. The molecule has 2 aliphatic heterocycles. The molecule has 120 valence electrons. The van der Waals surface area contributed by atoms with Gasteiger partial charge in [-0.3, -0.25) is 9.59 Å². The normalized spacial score (nSPS) is 20.8. The molecule has 0 N–H and O–H groups in total. The molecule has 2 fully saturated rings. The van der Waals surface area contributed by atoms with Crippen molar-refractivity contribution in [2.75, 3.05) is 60.5 Å². The van der Waals surface area contributed by atoms with Gasteiger partial charge in [0.25, 0.3) is 0 Å². The van der Waals surface area contributed by atoms with Crippen molar-refractivity contribution < 1.29 is 14.3 Å². The largest absolute Gasteiger partial charge is 0.384 e. The Morgan fingerprint density at radius 3 is 2.24 bits per heavy atom. The Hall–Kier alpha value is -1.14. The highest BCUT2D eigenvalue weighted by Gasteiger charge is 2.46. The van der Waals surface area contributed by atoms with Crippen molar-refractivity contribution in [3.05, 3.63) is 0 Å². The number of piperidine rings is 1. The zero-order valence-corrected chi connectivity index (χ0v) is 13.4. The van der Waals surface area contributed by atoms with Crippen LogP contribution >= 0.6 is 0 Å². The van der Waals surface area contributed by atoms with E-state index >= 15 is 0 Å². The second-order valence-electron chi connectivity index (χ2n) is 6.61. The molecular weight excluding hydrogens is 270 g/mol. The van der Waals surface area contributed by atoms with Gasteiger partial charge >= 0.3 is 0 Å². The second kappa shape index (κ2) is 6.75. The molecule has 6 heteroatoms. The summed E-state index contributed by atoms with van der Waals surface area (Å²) in [4.78, 5) is 29.7. The Morgan fingerprint density at radius 2 is 1.71 bits per heavy atom. The molecule has 0 aromatic heterocycles. The predicted molar refractivity (Wildman–Crippen MR) is 79.9 cm³/mol. The van der Waals surface area contributed by atoms with Crippen molar-refractivity contribution in [3.8, 4) is 0 Å². The molecule has 21 heavy (non-hydrogen) atoms. The molecule has 6 nitrogen and oxygen atoms in total. The lowest BCUT2D eigenvalue weighted by Crippen LogP contribution is -2.62. The van der Waals surface area contributed by atoms with Gasteiger partial charge in [-0.05, 0) is 26.9 Å². The van der Waals surface area contributed by atoms with E-state index in [1.807, 2.05) is 28.8 Å². The van der Waals surface area contributed by atoms with Crippen LogP contribution in [-0.2, 0) is 14.3 Å². The zero-order chi connectivity index (χ0) is 15.5. The van der Waals surface area contributed by atoms with Crippen LogP contribution in [0, 0.1) is 5.41 Å². The van der Waals surface area contributed by atoms with Crippen LogP contribution in [0.2, 0.25) is 0 Å². The quantitative estimate of drug-likeness (QED) is 0.719. The predicted octanol–water partition coefficient (Wildman–Crippen LogP) is 0.0355. The molecule has 2 aliphatic rings. The highest BCUT2D eigenvalue weighted by Crippen LogP contribution is 2.40. The van der Waals surface area contributed by atoms with E-state index in [2.05, 4.69) is 0 Å². The van der Waals surface area contributed by atoms with Crippen LogP contribution < -0.4 is 0 Å². The van der Waals surface area contributed by atoms with Crippen LogP contribution in [0.15, 0.2) is 0 Å². The molecule has 0 saturated carbocycles. The van der Waals surface area contributed by atoms with Gasteiger partial charge in [-0.1, -0.05) is 0 Å². The van der Waals surface area contributed by atoms with Crippen molar-refractivity contribution in [2.45, 2.75) is 19.3 Å². The van der Waals surface area contributed by atoms with Crippen molar-refractivity contribution in [1.29, 1.82) is 0 Å². The number of methoxy groups -OCH3 is 1. The van der Waals surface area contributed by atoms with E-state index in [4.69, 9.17) is 4.74 Å². The minimum Gasteiger partial charge on any atom is -0.384 e. The van der Waals surface area contributed by atoms with Gasteiger partial charge in [0.1, 0.15) is 0 Å². The summed E-state index contributed by atoms with van der Waals surface area (Å²) in [6.07, 6.45) is 2.50. The first kappa shape index (κ1) is 16.2. The molecule has 0 aromatic rings. The van der Waals surface area contributed by atoms with Gasteiger partial charge in [0, 0.05) is 38.7 Å². The third-order valence-corrected chi connectivity index (χ3v) is 4.55. The summed E-state index contributed by atoms with van der Waals surface area (Å²) in [6.45, 7) is 4.33. The molecule has 2 rings (SSSR count). The number of hydrogen-bond acceptors (Lipinski definition) is 4. The molecule has 1 spiro atoms. The average Bonchev–Trinajstić information content (AvgIpc) is 2.41.